The fourth-order valence-electron chi connectivity index (χ4n) is 8.17. The first-order chi connectivity index (χ1) is 30.7. The van der Waals surface area contributed by atoms with Gasteiger partial charge in [-0.1, -0.05) is 164 Å². The summed E-state index contributed by atoms with van der Waals surface area (Å²) in [6.07, 6.45) is 0. The van der Waals surface area contributed by atoms with Crippen LogP contribution in [0.25, 0.3) is 99.5 Å². The van der Waals surface area contributed by atoms with E-state index in [-0.39, 0.29) is 57.6 Å². The van der Waals surface area contributed by atoms with Crippen molar-refractivity contribution in [2.45, 2.75) is 0 Å². The van der Waals surface area contributed by atoms with Crippen molar-refractivity contribution in [2.24, 2.45) is 0 Å². The van der Waals surface area contributed by atoms with Gasteiger partial charge >= 0.3 is 0 Å². The van der Waals surface area contributed by atoms with Crippen LogP contribution in [-0.4, -0.2) is 9.13 Å². The minimum atomic E-state index is -0.424. The van der Waals surface area contributed by atoms with Crippen molar-refractivity contribution in [1.29, 1.82) is 0 Å². The average molecular weight is 720 g/mol. The van der Waals surface area contributed by atoms with E-state index in [0.29, 0.717) is 11.3 Å². The molecule has 0 spiro atoms. The molecule has 56 heavy (non-hydrogen) atoms. The number of nitrogens with zero attached hydrogens (tertiary/aromatic N) is 2. The number of hydrogen-bond donors (Lipinski definition) is 0. The second-order valence-corrected chi connectivity index (χ2v) is 14.0. The van der Waals surface area contributed by atoms with E-state index in [9.17, 15) is 6.85 Å². The summed E-state index contributed by atoms with van der Waals surface area (Å²) < 4.78 is 68.9. The molecule has 2 aromatic heterocycles. The van der Waals surface area contributed by atoms with Crippen molar-refractivity contribution in [1.82, 2.24) is 9.13 Å². The molecule has 0 unspecified atom stereocenters. The normalized spacial score (nSPS) is 13.3. The van der Waals surface area contributed by atoms with E-state index in [2.05, 4.69) is 71.3 Å². The Morgan fingerprint density at radius 3 is 1.59 bits per heavy atom. The lowest BCUT2D eigenvalue weighted by atomic mass is 9.99. The Hall–Kier alpha value is -7.42. The van der Waals surface area contributed by atoms with Crippen molar-refractivity contribution in [3.05, 3.63) is 218 Å². The Kier molecular flexibility index (Phi) is 6.01. The molecule has 2 heteroatoms. The van der Waals surface area contributed by atoms with Gasteiger partial charge in [0.25, 0.3) is 0 Å². The van der Waals surface area contributed by atoms with Gasteiger partial charge in [0.2, 0.25) is 0 Å². The molecular weight excluding hydrogens is 677 g/mol. The van der Waals surface area contributed by atoms with Gasteiger partial charge in [0.15, 0.2) is 0 Å². The minimum Gasteiger partial charge on any atom is -0.309 e. The van der Waals surface area contributed by atoms with Gasteiger partial charge in [-0.3, -0.25) is 0 Å². The van der Waals surface area contributed by atoms with E-state index in [1.807, 2.05) is 109 Å². The van der Waals surface area contributed by atoms with Crippen LogP contribution in [0.5, 0.6) is 0 Å². The fraction of sp³-hybridized carbons (Fsp3) is 0. The second kappa shape index (κ2) is 13.2. The first-order valence-electron chi connectivity index (χ1n) is 22.2. The molecule has 0 aliphatic carbocycles. The summed E-state index contributed by atoms with van der Waals surface area (Å²) in [5, 5.41) is 2.22. The molecule has 11 aromatic rings. The lowest BCUT2D eigenvalue weighted by Crippen LogP contribution is -1.96. The molecule has 2 nitrogen and oxygen atoms in total. The molecule has 0 aliphatic rings. The number of rotatable bonds is 6. The van der Waals surface area contributed by atoms with Crippen LogP contribution in [0.4, 0.5) is 0 Å². The van der Waals surface area contributed by atoms with Gasteiger partial charge in [-0.2, -0.15) is 0 Å². The summed E-state index contributed by atoms with van der Waals surface area (Å²) in [7, 11) is 0. The monoisotopic (exact) mass is 719 g/mol. The van der Waals surface area contributed by atoms with E-state index in [1.165, 1.54) is 0 Å². The first-order valence-corrected chi connectivity index (χ1v) is 18.7. The molecule has 0 radical (unpaired) electrons. The Bertz CT molecular complexity index is 3630. The zero-order valence-electron chi connectivity index (χ0n) is 37.1. The van der Waals surface area contributed by atoms with E-state index < -0.39 is 12.1 Å². The smallest absolute Gasteiger partial charge is 0.0645 e. The van der Waals surface area contributed by atoms with Crippen molar-refractivity contribution in [2.75, 3.05) is 0 Å². The van der Waals surface area contributed by atoms with Gasteiger partial charge in [-0.25, -0.2) is 0 Å². The highest BCUT2D eigenvalue weighted by Crippen LogP contribution is 2.41. The summed E-state index contributed by atoms with van der Waals surface area (Å²) >= 11 is 0. The first kappa shape index (κ1) is 25.6. The molecule has 262 valence electrons. The average Bonchev–Trinajstić information content (AvgIpc) is 3.87. The Morgan fingerprint density at radius 1 is 0.321 bits per heavy atom. The van der Waals surface area contributed by atoms with Gasteiger partial charge in [-0.05, 0) is 93.5 Å². The van der Waals surface area contributed by atoms with E-state index in [1.54, 1.807) is 4.57 Å². The van der Waals surface area contributed by atoms with Crippen LogP contribution >= 0.6 is 0 Å². The molecule has 11 rings (SSSR count). The van der Waals surface area contributed by atoms with Crippen molar-refractivity contribution < 1.29 is 9.60 Å². The van der Waals surface area contributed by atoms with Gasteiger partial charge in [0.1, 0.15) is 0 Å². The van der Waals surface area contributed by atoms with Crippen LogP contribution in [0.2, 0.25) is 0 Å². The summed E-state index contributed by atoms with van der Waals surface area (Å²) in [5.41, 5.74) is 10.7. The third kappa shape index (κ3) is 5.26. The molecule has 0 fully saturated rings. The lowest BCUT2D eigenvalue weighted by Gasteiger charge is -2.13. The number of benzene rings is 9. The standard InChI is InChI=1S/C54H36N2/c1-4-15-37(16-5-1)40-21-12-23-44(33-40)55-51-28-11-10-25-47(51)49-35-42(29-31-52(49)55)43-30-32-53-50(36-43)48-27-14-26-46(39-19-8-3-9-20-39)54(48)56(53)45-24-13-22-41(34-45)38-17-6-2-7-18-38/h1-36H/i10D,11D,25D,28D,29D,31D,35D. The van der Waals surface area contributed by atoms with Crippen molar-refractivity contribution in [3.8, 4) is 55.9 Å². The lowest BCUT2D eigenvalue weighted by molar-refractivity contribution is 1.18. The third-order valence-electron chi connectivity index (χ3n) is 10.7. The highest BCUT2D eigenvalue weighted by Gasteiger charge is 2.19. The molecule has 0 N–H and O–H groups in total. The van der Waals surface area contributed by atoms with E-state index >= 15 is 0 Å². The Balaban J connectivity index is 1.20. The zero-order valence-corrected chi connectivity index (χ0v) is 30.1. The molecule has 0 aliphatic heterocycles. The fourth-order valence-corrected chi connectivity index (χ4v) is 8.17. The van der Waals surface area contributed by atoms with Crippen LogP contribution in [0.3, 0.4) is 0 Å². The molecule has 9 aromatic carbocycles. The second-order valence-electron chi connectivity index (χ2n) is 14.0. The Labute approximate surface area is 335 Å². The molecular formula is C54H36N2. The quantitative estimate of drug-likeness (QED) is 0.162. The largest absolute Gasteiger partial charge is 0.309 e. The van der Waals surface area contributed by atoms with Crippen LogP contribution in [0.1, 0.15) is 9.60 Å². The topological polar surface area (TPSA) is 9.86 Å². The van der Waals surface area contributed by atoms with Gasteiger partial charge in [0.05, 0.1) is 31.7 Å². The highest BCUT2D eigenvalue weighted by molar-refractivity contribution is 6.15. The van der Waals surface area contributed by atoms with Gasteiger partial charge in [0, 0.05) is 38.5 Å². The van der Waals surface area contributed by atoms with Crippen LogP contribution in [-0.2, 0) is 0 Å². The van der Waals surface area contributed by atoms with Crippen LogP contribution in [0, 0.1) is 0 Å². The summed E-state index contributed by atoms with van der Waals surface area (Å²) in [4.78, 5) is 0. The predicted octanol–water partition coefficient (Wildman–Crippen LogP) is 14.5. The molecule has 0 atom stereocenters. The maximum absolute atomic E-state index is 9.93. The summed E-state index contributed by atoms with van der Waals surface area (Å²) in [6, 6.07) is 56.8. The predicted molar refractivity (Wildman–Crippen MR) is 237 cm³/mol. The number of para-hydroxylation sites is 2. The molecule has 0 saturated heterocycles. The zero-order chi connectivity index (χ0) is 43.1. The van der Waals surface area contributed by atoms with Gasteiger partial charge in [-0.15, -0.1) is 0 Å². The summed E-state index contributed by atoms with van der Waals surface area (Å²) in [6.45, 7) is 0. The van der Waals surface area contributed by atoms with Gasteiger partial charge < -0.3 is 9.13 Å². The molecule has 0 amide bonds. The SMILES string of the molecule is [2H]c1c([2H])c([2H])c2c(c1[2H])c1c([2H])c(-c3ccc4c(c3)c3cccc(-c5ccccc5)c3n4-c3cccc(-c4ccccc4)c3)c([2H])c([2H])c1n2-c1cccc(-c2ccccc2)c1. The highest BCUT2D eigenvalue weighted by atomic mass is 15.0. The Morgan fingerprint density at radius 2 is 0.893 bits per heavy atom. The van der Waals surface area contributed by atoms with Crippen LogP contribution in [0.15, 0.2) is 218 Å². The van der Waals surface area contributed by atoms with Crippen molar-refractivity contribution in [3.63, 3.8) is 0 Å². The molecule has 0 bridgehead atoms. The van der Waals surface area contributed by atoms with E-state index in [0.717, 1.165) is 60.9 Å². The van der Waals surface area contributed by atoms with Crippen molar-refractivity contribution >= 4 is 43.6 Å². The maximum Gasteiger partial charge on any atom is 0.0645 e. The minimum absolute atomic E-state index is 0.0809. The number of aromatic nitrogens is 2. The summed E-state index contributed by atoms with van der Waals surface area (Å²) in [5.74, 6) is 0. The third-order valence-corrected chi connectivity index (χ3v) is 10.7. The number of fused-ring (bicyclic) bond motifs is 6. The maximum atomic E-state index is 9.93. The van der Waals surface area contributed by atoms with Crippen LogP contribution < -0.4 is 0 Å². The molecule has 2 heterocycles. The number of hydrogen-bond acceptors (Lipinski definition) is 0. The van der Waals surface area contributed by atoms with E-state index in [4.69, 9.17) is 2.74 Å². The molecule has 0 saturated carbocycles.